The number of nitrogens with one attached hydrogen (secondary N) is 1. The van der Waals surface area contributed by atoms with Gasteiger partial charge in [-0.3, -0.25) is 0 Å². The van der Waals surface area contributed by atoms with E-state index in [0.717, 1.165) is 29.4 Å². The molecular formula is C12H21N3O2S2. The Morgan fingerprint density at radius 3 is 2.84 bits per heavy atom. The summed E-state index contributed by atoms with van der Waals surface area (Å²) in [5.41, 5.74) is 0. The monoisotopic (exact) mass is 303 g/mol. The minimum atomic E-state index is -2.84. The second-order valence-corrected chi connectivity index (χ2v) is 8.67. The minimum Gasteiger partial charge on any atom is -0.315 e. The number of nitrogens with zero attached hydrogens (tertiary/aromatic N) is 2. The van der Waals surface area contributed by atoms with Gasteiger partial charge in [0.25, 0.3) is 0 Å². The Bertz CT molecular complexity index is 511. The van der Waals surface area contributed by atoms with Gasteiger partial charge in [0.2, 0.25) is 0 Å². The molecule has 0 spiro atoms. The van der Waals surface area contributed by atoms with E-state index >= 15 is 0 Å². The Labute approximate surface area is 118 Å². The van der Waals surface area contributed by atoms with E-state index in [-0.39, 0.29) is 11.7 Å². The van der Waals surface area contributed by atoms with Gasteiger partial charge in [0.1, 0.15) is 10.0 Å². The molecule has 0 aliphatic carbocycles. The highest BCUT2D eigenvalue weighted by atomic mass is 32.2. The van der Waals surface area contributed by atoms with E-state index in [4.69, 9.17) is 0 Å². The number of hydrogen-bond acceptors (Lipinski definition) is 6. The summed E-state index contributed by atoms with van der Waals surface area (Å²) in [6.07, 6.45) is 2.65. The minimum absolute atomic E-state index is 0.0741. The largest absolute Gasteiger partial charge is 0.315 e. The van der Waals surface area contributed by atoms with Gasteiger partial charge >= 0.3 is 0 Å². The van der Waals surface area contributed by atoms with Crippen LogP contribution in [0.25, 0.3) is 0 Å². The van der Waals surface area contributed by atoms with Crippen molar-refractivity contribution in [3.63, 3.8) is 0 Å². The Morgan fingerprint density at radius 1 is 1.42 bits per heavy atom. The molecule has 1 fully saturated rings. The molecule has 1 aromatic heterocycles. The first-order valence-corrected chi connectivity index (χ1v) is 9.36. The van der Waals surface area contributed by atoms with Crippen LogP contribution in [0.4, 0.5) is 0 Å². The highest BCUT2D eigenvalue weighted by Crippen LogP contribution is 2.30. The van der Waals surface area contributed by atoms with E-state index in [1.807, 2.05) is 0 Å². The zero-order chi connectivity index (χ0) is 13.9. The second kappa shape index (κ2) is 6.28. The van der Waals surface area contributed by atoms with E-state index in [9.17, 15) is 8.42 Å². The molecule has 0 saturated carbocycles. The molecule has 5 nitrogen and oxygen atoms in total. The van der Waals surface area contributed by atoms with E-state index in [0.29, 0.717) is 18.2 Å². The van der Waals surface area contributed by atoms with Crippen molar-refractivity contribution in [3.05, 3.63) is 10.0 Å². The van der Waals surface area contributed by atoms with Crippen LogP contribution in [0.5, 0.6) is 0 Å². The van der Waals surface area contributed by atoms with Gasteiger partial charge < -0.3 is 5.32 Å². The molecule has 2 heterocycles. The van der Waals surface area contributed by atoms with Gasteiger partial charge in [0, 0.05) is 18.4 Å². The first-order valence-electron chi connectivity index (χ1n) is 6.72. The maximum atomic E-state index is 11.4. The van der Waals surface area contributed by atoms with Crippen LogP contribution in [0.3, 0.4) is 0 Å². The van der Waals surface area contributed by atoms with Crippen molar-refractivity contribution in [1.82, 2.24) is 15.5 Å². The molecule has 1 N–H and O–H groups in total. The van der Waals surface area contributed by atoms with Crippen molar-refractivity contribution >= 4 is 21.2 Å². The highest BCUT2D eigenvalue weighted by molar-refractivity contribution is 7.91. The van der Waals surface area contributed by atoms with Crippen LogP contribution >= 0.6 is 11.3 Å². The summed E-state index contributed by atoms with van der Waals surface area (Å²) in [6.45, 7) is 5.23. The lowest BCUT2D eigenvalue weighted by Crippen LogP contribution is -2.23. The molecular weight excluding hydrogens is 282 g/mol. The van der Waals surface area contributed by atoms with Crippen molar-refractivity contribution < 1.29 is 8.42 Å². The van der Waals surface area contributed by atoms with Crippen molar-refractivity contribution in [1.29, 1.82) is 0 Å². The number of rotatable bonds is 6. The number of sulfone groups is 1. The number of aryl methyl sites for hydroxylation is 1. The molecule has 1 saturated heterocycles. The van der Waals surface area contributed by atoms with E-state index < -0.39 is 9.84 Å². The lowest BCUT2D eigenvalue weighted by molar-refractivity contribution is 0.569. The molecule has 0 amide bonds. The van der Waals surface area contributed by atoms with Gasteiger partial charge in [-0.05, 0) is 19.4 Å². The van der Waals surface area contributed by atoms with Gasteiger partial charge in [-0.15, -0.1) is 21.5 Å². The predicted octanol–water partition coefficient (Wildman–Crippen LogP) is 1.37. The zero-order valence-corrected chi connectivity index (χ0v) is 13.1. The molecule has 108 valence electrons. The fourth-order valence-corrected chi connectivity index (χ4v) is 5.03. The number of aromatic nitrogens is 2. The summed E-state index contributed by atoms with van der Waals surface area (Å²) in [7, 11) is -2.84. The zero-order valence-electron chi connectivity index (χ0n) is 11.4. The second-order valence-electron chi connectivity index (χ2n) is 5.35. The Hall–Kier alpha value is -0.530. The predicted molar refractivity (Wildman–Crippen MR) is 77.4 cm³/mol. The molecule has 19 heavy (non-hydrogen) atoms. The molecule has 1 aliphatic rings. The standard InChI is InChI=1S/C12H21N3O2S2/c1-9(2)13-6-3-4-11-14-15-12(18-11)10-5-7-19(16,17)8-10/h9-10,13H,3-8H2,1-2H3. The van der Waals surface area contributed by atoms with Crippen LogP contribution in [0, 0.1) is 0 Å². The summed E-state index contributed by atoms with van der Waals surface area (Å²) in [6, 6.07) is 0.508. The third-order valence-corrected chi connectivity index (χ3v) is 6.10. The smallest absolute Gasteiger partial charge is 0.151 e. The first-order chi connectivity index (χ1) is 8.96. The molecule has 1 aromatic rings. The lowest BCUT2D eigenvalue weighted by Gasteiger charge is -2.05. The summed E-state index contributed by atoms with van der Waals surface area (Å²) in [5, 5.41) is 13.6. The number of hydrogen-bond donors (Lipinski definition) is 1. The van der Waals surface area contributed by atoms with Crippen molar-refractivity contribution in [2.75, 3.05) is 18.1 Å². The highest BCUT2D eigenvalue weighted by Gasteiger charge is 2.31. The van der Waals surface area contributed by atoms with E-state index in [2.05, 4.69) is 29.4 Å². The van der Waals surface area contributed by atoms with Crippen molar-refractivity contribution in [2.45, 2.75) is 45.1 Å². The normalized spacial score (nSPS) is 22.2. The maximum absolute atomic E-state index is 11.4. The van der Waals surface area contributed by atoms with Crippen LogP contribution in [0.1, 0.15) is 42.6 Å². The molecule has 1 unspecified atom stereocenters. The van der Waals surface area contributed by atoms with Gasteiger partial charge in [-0.2, -0.15) is 0 Å². The van der Waals surface area contributed by atoms with Gasteiger partial charge in [-0.25, -0.2) is 8.42 Å². The average Bonchev–Trinajstić information content (AvgIpc) is 2.90. The molecule has 1 atom stereocenters. The van der Waals surface area contributed by atoms with Gasteiger partial charge in [-0.1, -0.05) is 13.8 Å². The van der Waals surface area contributed by atoms with Gasteiger partial charge in [0.15, 0.2) is 9.84 Å². The van der Waals surface area contributed by atoms with Crippen molar-refractivity contribution in [2.24, 2.45) is 0 Å². The summed E-state index contributed by atoms with van der Waals surface area (Å²) < 4.78 is 22.9. The van der Waals surface area contributed by atoms with Crippen LogP contribution in [-0.4, -0.2) is 42.7 Å². The first kappa shape index (κ1) is 14.9. The van der Waals surface area contributed by atoms with Crippen LogP contribution in [-0.2, 0) is 16.3 Å². The molecule has 7 heteroatoms. The summed E-state index contributed by atoms with van der Waals surface area (Å²) in [5.74, 6) is 0.617. The van der Waals surface area contributed by atoms with Crippen molar-refractivity contribution in [3.8, 4) is 0 Å². The maximum Gasteiger partial charge on any atom is 0.151 e. The van der Waals surface area contributed by atoms with Crippen LogP contribution < -0.4 is 5.32 Å². The molecule has 0 bridgehead atoms. The van der Waals surface area contributed by atoms with E-state index in [1.54, 1.807) is 11.3 Å². The molecule has 1 aliphatic heterocycles. The molecule has 2 rings (SSSR count). The SMILES string of the molecule is CC(C)NCCCc1nnc(C2CCS(=O)(=O)C2)s1. The Morgan fingerprint density at radius 2 is 2.21 bits per heavy atom. The third-order valence-electron chi connectivity index (χ3n) is 3.18. The fraction of sp³-hybridized carbons (Fsp3) is 0.833. The summed E-state index contributed by atoms with van der Waals surface area (Å²) in [4.78, 5) is 0. The fourth-order valence-electron chi connectivity index (χ4n) is 2.15. The van der Waals surface area contributed by atoms with Gasteiger partial charge in [0.05, 0.1) is 11.5 Å². The quantitative estimate of drug-likeness (QED) is 0.804. The lowest BCUT2D eigenvalue weighted by atomic mass is 10.1. The Balaban J connectivity index is 1.82. The molecule has 0 aromatic carbocycles. The average molecular weight is 303 g/mol. The van der Waals surface area contributed by atoms with Crippen LogP contribution in [0.15, 0.2) is 0 Å². The van der Waals surface area contributed by atoms with Crippen LogP contribution in [0.2, 0.25) is 0 Å². The van der Waals surface area contributed by atoms with E-state index in [1.165, 1.54) is 0 Å². The third kappa shape index (κ3) is 4.50. The summed E-state index contributed by atoms with van der Waals surface area (Å²) >= 11 is 1.58. The molecule has 0 radical (unpaired) electrons. The topological polar surface area (TPSA) is 72.0 Å². The Kier molecular flexibility index (Phi) is 4.92.